The molecule has 2 aromatic carbocycles. The van der Waals surface area contributed by atoms with Crippen molar-refractivity contribution in [3.8, 4) is 5.75 Å². The molecule has 2 aromatic rings. The zero-order chi connectivity index (χ0) is 18.4. The lowest BCUT2D eigenvalue weighted by molar-refractivity contribution is -0.134. The SMILES string of the molecule is CCOc1ccc(C(CC)NC(=O)C2(Cc3ccccc3)CNC2)cc1. The average molecular weight is 352 g/mol. The minimum absolute atomic E-state index is 0.0198. The van der Waals surface area contributed by atoms with Crippen LogP contribution >= 0.6 is 0 Å². The van der Waals surface area contributed by atoms with E-state index in [9.17, 15) is 4.79 Å². The van der Waals surface area contributed by atoms with Crippen molar-refractivity contribution in [3.63, 3.8) is 0 Å². The molecule has 1 aliphatic heterocycles. The molecule has 1 unspecified atom stereocenters. The summed E-state index contributed by atoms with van der Waals surface area (Å²) in [6.07, 6.45) is 1.63. The van der Waals surface area contributed by atoms with Crippen LogP contribution in [0.3, 0.4) is 0 Å². The molecule has 1 amide bonds. The molecule has 0 saturated carbocycles. The lowest BCUT2D eigenvalue weighted by Crippen LogP contribution is -2.62. The molecule has 26 heavy (non-hydrogen) atoms. The summed E-state index contributed by atoms with van der Waals surface area (Å²) in [6.45, 7) is 6.19. The third kappa shape index (κ3) is 4.07. The monoisotopic (exact) mass is 352 g/mol. The van der Waals surface area contributed by atoms with Crippen LogP contribution in [-0.4, -0.2) is 25.6 Å². The summed E-state index contributed by atoms with van der Waals surface area (Å²) in [5.74, 6) is 1.00. The number of hydrogen-bond donors (Lipinski definition) is 2. The predicted molar refractivity (Wildman–Crippen MR) is 104 cm³/mol. The number of hydrogen-bond acceptors (Lipinski definition) is 3. The van der Waals surface area contributed by atoms with Crippen LogP contribution in [0.25, 0.3) is 0 Å². The highest BCUT2D eigenvalue weighted by Crippen LogP contribution is 2.30. The molecular weight excluding hydrogens is 324 g/mol. The number of rotatable bonds is 8. The molecule has 0 radical (unpaired) electrons. The number of carbonyl (C=O) groups excluding carboxylic acids is 1. The molecule has 0 aliphatic carbocycles. The summed E-state index contributed by atoms with van der Waals surface area (Å²) >= 11 is 0. The average Bonchev–Trinajstić information content (AvgIpc) is 2.64. The van der Waals surface area contributed by atoms with E-state index >= 15 is 0 Å². The van der Waals surface area contributed by atoms with Gasteiger partial charge in [0, 0.05) is 13.1 Å². The van der Waals surface area contributed by atoms with Gasteiger partial charge in [0.25, 0.3) is 0 Å². The zero-order valence-corrected chi connectivity index (χ0v) is 15.6. The Bertz CT molecular complexity index is 709. The molecule has 0 bridgehead atoms. The van der Waals surface area contributed by atoms with Crippen LogP contribution < -0.4 is 15.4 Å². The molecule has 3 rings (SSSR count). The first-order valence-electron chi connectivity index (χ1n) is 9.45. The number of carbonyl (C=O) groups is 1. The van der Waals surface area contributed by atoms with Gasteiger partial charge in [-0.25, -0.2) is 0 Å². The molecule has 2 N–H and O–H groups in total. The Labute approximate surface area is 156 Å². The van der Waals surface area contributed by atoms with Gasteiger partial charge in [0.15, 0.2) is 0 Å². The van der Waals surface area contributed by atoms with Crippen LogP contribution in [0.2, 0.25) is 0 Å². The Hall–Kier alpha value is -2.33. The van der Waals surface area contributed by atoms with Gasteiger partial charge in [-0.3, -0.25) is 4.79 Å². The van der Waals surface area contributed by atoms with Crippen molar-refractivity contribution < 1.29 is 9.53 Å². The fourth-order valence-corrected chi connectivity index (χ4v) is 3.47. The standard InChI is InChI=1S/C22H28N2O2/c1-3-20(18-10-12-19(13-11-18)26-4-2)24-21(25)22(15-23-16-22)14-17-8-6-5-7-9-17/h5-13,20,23H,3-4,14-16H2,1-2H3,(H,24,25). The van der Waals surface area contributed by atoms with Gasteiger partial charge in [-0.15, -0.1) is 0 Å². The normalized spacial score (nSPS) is 16.4. The third-order valence-corrected chi connectivity index (χ3v) is 5.10. The molecule has 0 aromatic heterocycles. The van der Waals surface area contributed by atoms with Crippen molar-refractivity contribution in [1.29, 1.82) is 0 Å². The van der Waals surface area contributed by atoms with E-state index in [1.54, 1.807) is 0 Å². The Kier molecular flexibility index (Phi) is 5.94. The fraction of sp³-hybridized carbons (Fsp3) is 0.409. The second kappa shape index (κ2) is 8.37. The predicted octanol–water partition coefficient (Wildman–Crippen LogP) is 3.48. The lowest BCUT2D eigenvalue weighted by Gasteiger charge is -2.42. The molecule has 1 saturated heterocycles. The van der Waals surface area contributed by atoms with Crippen molar-refractivity contribution in [2.45, 2.75) is 32.7 Å². The first kappa shape index (κ1) is 18.5. The summed E-state index contributed by atoms with van der Waals surface area (Å²) in [5, 5.41) is 6.56. The number of amides is 1. The molecule has 138 valence electrons. The largest absolute Gasteiger partial charge is 0.494 e. The number of nitrogens with one attached hydrogen (secondary N) is 2. The molecule has 1 fully saturated rings. The molecule has 1 aliphatic rings. The summed E-state index contributed by atoms with van der Waals surface area (Å²) < 4.78 is 5.51. The maximum atomic E-state index is 13.1. The van der Waals surface area contributed by atoms with E-state index in [2.05, 4.69) is 29.7 Å². The highest BCUT2D eigenvalue weighted by Gasteiger charge is 2.44. The summed E-state index contributed by atoms with van der Waals surface area (Å²) in [4.78, 5) is 13.1. The van der Waals surface area contributed by atoms with Crippen LogP contribution in [0, 0.1) is 5.41 Å². The van der Waals surface area contributed by atoms with E-state index in [1.807, 2.05) is 49.4 Å². The van der Waals surface area contributed by atoms with Gasteiger partial charge in [0.2, 0.25) is 5.91 Å². The first-order chi connectivity index (χ1) is 12.7. The maximum Gasteiger partial charge on any atom is 0.229 e. The van der Waals surface area contributed by atoms with Crippen LogP contribution in [0.15, 0.2) is 54.6 Å². The molecule has 4 nitrogen and oxygen atoms in total. The fourth-order valence-electron chi connectivity index (χ4n) is 3.47. The molecule has 1 atom stereocenters. The topological polar surface area (TPSA) is 50.4 Å². The number of ether oxygens (including phenoxy) is 1. The van der Waals surface area contributed by atoms with Crippen molar-refractivity contribution >= 4 is 5.91 Å². The van der Waals surface area contributed by atoms with E-state index in [1.165, 1.54) is 5.56 Å². The van der Waals surface area contributed by atoms with Crippen LogP contribution in [0.4, 0.5) is 0 Å². The summed E-state index contributed by atoms with van der Waals surface area (Å²) in [5.41, 5.74) is 1.98. The van der Waals surface area contributed by atoms with Crippen LogP contribution in [-0.2, 0) is 11.2 Å². The summed E-state index contributed by atoms with van der Waals surface area (Å²) in [6, 6.07) is 18.3. The Balaban J connectivity index is 1.69. The molecular formula is C22H28N2O2. The second-order valence-corrected chi connectivity index (χ2v) is 6.98. The Morgan fingerprint density at radius 3 is 2.35 bits per heavy atom. The molecule has 4 heteroatoms. The quantitative estimate of drug-likeness (QED) is 0.765. The molecule has 1 heterocycles. The zero-order valence-electron chi connectivity index (χ0n) is 15.6. The van der Waals surface area contributed by atoms with Gasteiger partial charge in [0.05, 0.1) is 18.1 Å². The highest BCUT2D eigenvalue weighted by molar-refractivity contribution is 5.85. The van der Waals surface area contributed by atoms with Gasteiger partial charge < -0.3 is 15.4 Å². The van der Waals surface area contributed by atoms with Crippen molar-refractivity contribution in [2.75, 3.05) is 19.7 Å². The Morgan fingerprint density at radius 1 is 1.12 bits per heavy atom. The maximum absolute atomic E-state index is 13.1. The van der Waals surface area contributed by atoms with Gasteiger partial charge in [-0.05, 0) is 43.0 Å². The van der Waals surface area contributed by atoms with E-state index < -0.39 is 0 Å². The van der Waals surface area contributed by atoms with Gasteiger partial charge in [-0.2, -0.15) is 0 Å². The first-order valence-corrected chi connectivity index (χ1v) is 9.45. The van der Waals surface area contributed by atoms with Crippen molar-refractivity contribution in [2.24, 2.45) is 5.41 Å². The van der Waals surface area contributed by atoms with Crippen molar-refractivity contribution in [1.82, 2.24) is 10.6 Å². The van der Waals surface area contributed by atoms with Crippen molar-refractivity contribution in [3.05, 3.63) is 65.7 Å². The van der Waals surface area contributed by atoms with Gasteiger partial charge in [-0.1, -0.05) is 49.4 Å². The Morgan fingerprint density at radius 2 is 1.81 bits per heavy atom. The lowest BCUT2D eigenvalue weighted by atomic mass is 9.75. The van der Waals surface area contributed by atoms with E-state index in [0.29, 0.717) is 6.61 Å². The van der Waals surface area contributed by atoms with Gasteiger partial charge in [0.1, 0.15) is 5.75 Å². The smallest absolute Gasteiger partial charge is 0.229 e. The highest BCUT2D eigenvalue weighted by atomic mass is 16.5. The van der Waals surface area contributed by atoms with E-state index in [4.69, 9.17) is 4.74 Å². The summed E-state index contributed by atoms with van der Waals surface area (Å²) in [7, 11) is 0. The van der Waals surface area contributed by atoms with E-state index in [0.717, 1.165) is 37.2 Å². The minimum Gasteiger partial charge on any atom is -0.494 e. The minimum atomic E-state index is -0.347. The second-order valence-electron chi connectivity index (χ2n) is 6.98. The van der Waals surface area contributed by atoms with E-state index in [-0.39, 0.29) is 17.4 Å². The van der Waals surface area contributed by atoms with Crippen LogP contribution in [0.1, 0.15) is 37.4 Å². The number of benzene rings is 2. The molecule has 0 spiro atoms. The van der Waals surface area contributed by atoms with Gasteiger partial charge >= 0.3 is 0 Å². The third-order valence-electron chi connectivity index (χ3n) is 5.10. The van der Waals surface area contributed by atoms with Crippen LogP contribution in [0.5, 0.6) is 5.75 Å².